The fraction of sp³-hybridized carbons (Fsp3) is 0.462. The van der Waals surface area contributed by atoms with Crippen LogP contribution < -0.4 is 5.32 Å². The van der Waals surface area contributed by atoms with Crippen molar-refractivity contribution in [2.24, 2.45) is 5.92 Å². The van der Waals surface area contributed by atoms with Gasteiger partial charge in [-0.1, -0.05) is 26.0 Å². The third kappa shape index (κ3) is 4.45. The maximum absolute atomic E-state index is 11.5. The van der Waals surface area contributed by atoms with Gasteiger partial charge in [0.15, 0.2) is 0 Å². The van der Waals surface area contributed by atoms with Crippen molar-refractivity contribution in [2.75, 3.05) is 5.32 Å². The number of carbonyl (C=O) groups excluding carboxylic acids is 1. The van der Waals surface area contributed by atoms with Crippen molar-refractivity contribution in [3.63, 3.8) is 0 Å². The highest BCUT2D eigenvalue weighted by atomic mass is 16.3. The molecule has 0 spiro atoms. The van der Waals surface area contributed by atoms with Crippen molar-refractivity contribution in [2.45, 2.75) is 33.3 Å². The monoisotopic (exact) mass is 221 g/mol. The van der Waals surface area contributed by atoms with E-state index in [9.17, 15) is 4.79 Å². The predicted molar refractivity (Wildman–Crippen MR) is 65.1 cm³/mol. The standard InChI is InChI=1S/C13H19NO2/c1-10(2)6-7-13(16)14-12-5-3-4-11(8-12)9-15/h3-5,8,10,15H,6-7,9H2,1-2H3,(H,14,16). The van der Waals surface area contributed by atoms with E-state index < -0.39 is 0 Å². The van der Waals surface area contributed by atoms with Crippen LogP contribution in [0.25, 0.3) is 0 Å². The van der Waals surface area contributed by atoms with Gasteiger partial charge in [0.1, 0.15) is 0 Å². The lowest BCUT2D eigenvalue weighted by Gasteiger charge is -2.07. The van der Waals surface area contributed by atoms with Crippen LogP contribution in [0.1, 0.15) is 32.3 Å². The van der Waals surface area contributed by atoms with Crippen molar-refractivity contribution >= 4 is 11.6 Å². The van der Waals surface area contributed by atoms with Gasteiger partial charge in [0, 0.05) is 12.1 Å². The second-order valence-electron chi connectivity index (χ2n) is 4.34. The molecule has 16 heavy (non-hydrogen) atoms. The number of anilines is 1. The molecular weight excluding hydrogens is 202 g/mol. The third-order valence-corrected chi connectivity index (χ3v) is 2.34. The lowest BCUT2D eigenvalue weighted by atomic mass is 10.1. The van der Waals surface area contributed by atoms with Crippen molar-refractivity contribution < 1.29 is 9.90 Å². The summed E-state index contributed by atoms with van der Waals surface area (Å²) in [4.78, 5) is 11.5. The molecule has 0 saturated heterocycles. The molecule has 1 aromatic rings. The Balaban J connectivity index is 2.49. The Labute approximate surface area is 96.5 Å². The average Bonchev–Trinajstić information content (AvgIpc) is 2.26. The molecule has 1 rings (SSSR count). The topological polar surface area (TPSA) is 49.3 Å². The summed E-state index contributed by atoms with van der Waals surface area (Å²) < 4.78 is 0. The normalized spacial score (nSPS) is 10.5. The fourth-order valence-corrected chi connectivity index (χ4v) is 1.39. The van der Waals surface area contributed by atoms with E-state index in [1.54, 1.807) is 6.07 Å². The Morgan fingerprint density at radius 2 is 2.19 bits per heavy atom. The van der Waals surface area contributed by atoms with Crippen molar-refractivity contribution in [1.29, 1.82) is 0 Å². The Morgan fingerprint density at radius 3 is 2.81 bits per heavy atom. The van der Waals surface area contributed by atoms with E-state index in [-0.39, 0.29) is 12.5 Å². The molecule has 0 bridgehead atoms. The molecule has 0 fully saturated rings. The molecule has 0 heterocycles. The Morgan fingerprint density at radius 1 is 1.44 bits per heavy atom. The highest BCUT2D eigenvalue weighted by Gasteiger charge is 2.04. The van der Waals surface area contributed by atoms with Gasteiger partial charge in [-0.3, -0.25) is 4.79 Å². The number of benzene rings is 1. The second kappa shape index (κ2) is 6.28. The molecule has 3 heteroatoms. The van der Waals surface area contributed by atoms with Crippen molar-refractivity contribution in [3.05, 3.63) is 29.8 Å². The smallest absolute Gasteiger partial charge is 0.224 e. The number of rotatable bonds is 5. The minimum Gasteiger partial charge on any atom is -0.392 e. The summed E-state index contributed by atoms with van der Waals surface area (Å²) in [7, 11) is 0. The molecule has 1 amide bonds. The summed E-state index contributed by atoms with van der Waals surface area (Å²) in [6.45, 7) is 4.19. The maximum atomic E-state index is 11.5. The van der Waals surface area contributed by atoms with Crippen molar-refractivity contribution in [1.82, 2.24) is 0 Å². The number of carbonyl (C=O) groups is 1. The molecule has 0 unspecified atom stereocenters. The van der Waals surface area contributed by atoms with E-state index in [1.807, 2.05) is 18.2 Å². The highest BCUT2D eigenvalue weighted by Crippen LogP contribution is 2.12. The summed E-state index contributed by atoms with van der Waals surface area (Å²) in [5.41, 5.74) is 1.56. The van der Waals surface area contributed by atoms with Gasteiger partial charge in [-0.15, -0.1) is 0 Å². The van der Waals surface area contributed by atoms with Crippen LogP contribution in [-0.2, 0) is 11.4 Å². The molecular formula is C13H19NO2. The number of hydrogen-bond donors (Lipinski definition) is 2. The first-order valence-corrected chi connectivity index (χ1v) is 5.61. The molecule has 0 aliphatic carbocycles. The van der Waals surface area contributed by atoms with Crippen molar-refractivity contribution in [3.8, 4) is 0 Å². The van der Waals surface area contributed by atoms with Crippen LogP contribution >= 0.6 is 0 Å². The second-order valence-corrected chi connectivity index (χ2v) is 4.34. The zero-order valence-corrected chi connectivity index (χ0v) is 9.86. The van der Waals surface area contributed by atoms with Crippen LogP contribution in [0.15, 0.2) is 24.3 Å². The molecule has 1 aromatic carbocycles. The number of nitrogens with one attached hydrogen (secondary N) is 1. The van der Waals surface area contributed by atoms with E-state index in [0.717, 1.165) is 17.7 Å². The van der Waals surface area contributed by atoms with Crippen LogP contribution in [0, 0.1) is 5.92 Å². The SMILES string of the molecule is CC(C)CCC(=O)Nc1cccc(CO)c1. The Hall–Kier alpha value is -1.35. The summed E-state index contributed by atoms with van der Waals surface area (Å²) in [6, 6.07) is 7.26. The van der Waals surface area contributed by atoms with E-state index in [1.165, 1.54) is 0 Å². The molecule has 0 radical (unpaired) electrons. The molecule has 0 aliphatic heterocycles. The van der Waals surface area contributed by atoms with Gasteiger partial charge in [0.25, 0.3) is 0 Å². The quantitative estimate of drug-likeness (QED) is 0.802. The van der Waals surface area contributed by atoms with Gasteiger partial charge in [-0.25, -0.2) is 0 Å². The van der Waals surface area contributed by atoms with Crippen LogP contribution in [-0.4, -0.2) is 11.0 Å². The number of amides is 1. The van der Waals surface area contributed by atoms with Gasteiger partial charge in [0.2, 0.25) is 5.91 Å². The molecule has 0 aliphatic rings. The van der Waals surface area contributed by atoms with Gasteiger partial charge in [-0.05, 0) is 30.0 Å². The first-order valence-electron chi connectivity index (χ1n) is 5.61. The van der Waals surface area contributed by atoms with Crippen LogP contribution in [0.3, 0.4) is 0 Å². The average molecular weight is 221 g/mol. The minimum atomic E-state index is -0.00426. The Bertz CT molecular complexity index is 348. The van der Waals surface area contributed by atoms with Crippen LogP contribution in [0.2, 0.25) is 0 Å². The third-order valence-electron chi connectivity index (χ3n) is 2.34. The van der Waals surface area contributed by atoms with Gasteiger partial charge >= 0.3 is 0 Å². The Kier molecular flexibility index (Phi) is 4.99. The summed E-state index contributed by atoms with van der Waals surface area (Å²) in [5, 5.41) is 11.8. The predicted octanol–water partition coefficient (Wildman–Crippen LogP) is 2.55. The minimum absolute atomic E-state index is 0.00426. The first-order chi connectivity index (χ1) is 7.61. The number of hydrogen-bond acceptors (Lipinski definition) is 2. The maximum Gasteiger partial charge on any atom is 0.224 e. The molecule has 0 aromatic heterocycles. The lowest BCUT2D eigenvalue weighted by molar-refractivity contribution is -0.116. The first kappa shape index (κ1) is 12.7. The van der Waals surface area contributed by atoms with Crippen LogP contribution in [0.4, 0.5) is 5.69 Å². The van der Waals surface area contributed by atoms with Gasteiger partial charge in [-0.2, -0.15) is 0 Å². The van der Waals surface area contributed by atoms with E-state index in [0.29, 0.717) is 12.3 Å². The number of aliphatic hydroxyl groups is 1. The van der Waals surface area contributed by atoms with Crippen LogP contribution in [0.5, 0.6) is 0 Å². The molecule has 0 atom stereocenters. The number of aliphatic hydroxyl groups excluding tert-OH is 1. The summed E-state index contributed by atoms with van der Waals surface area (Å²) >= 11 is 0. The molecule has 0 saturated carbocycles. The molecule has 3 nitrogen and oxygen atoms in total. The summed E-state index contributed by atoms with van der Waals surface area (Å²) in [6.07, 6.45) is 1.44. The highest BCUT2D eigenvalue weighted by molar-refractivity contribution is 5.90. The van der Waals surface area contributed by atoms with Gasteiger partial charge in [0.05, 0.1) is 6.61 Å². The van der Waals surface area contributed by atoms with E-state index >= 15 is 0 Å². The summed E-state index contributed by atoms with van der Waals surface area (Å²) in [5.74, 6) is 0.568. The molecule has 88 valence electrons. The largest absolute Gasteiger partial charge is 0.392 e. The zero-order chi connectivity index (χ0) is 12.0. The zero-order valence-electron chi connectivity index (χ0n) is 9.86. The lowest BCUT2D eigenvalue weighted by Crippen LogP contribution is -2.12. The van der Waals surface area contributed by atoms with Gasteiger partial charge < -0.3 is 10.4 Å². The van der Waals surface area contributed by atoms with E-state index in [2.05, 4.69) is 19.2 Å². The molecule has 2 N–H and O–H groups in total. The van der Waals surface area contributed by atoms with E-state index in [4.69, 9.17) is 5.11 Å². The fourth-order valence-electron chi connectivity index (χ4n) is 1.39.